The summed E-state index contributed by atoms with van der Waals surface area (Å²) in [4.78, 5) is 14.8. The lowest BCUT2D eigenvalue weighted by atomic mass is 10.1. The van der Waals surface area contributed by atoms with Crippen LogP contribution in [0.4, 0.5) is 0 Å². The van der Waals surface area contributed by atoms with Crippen LogP contribution in [-0.4, -0.2) is 46.7 Å². The smallest absolute Gasteiger partial charge is 0.253 e. The Kier molecular flexibility index (Phi) is 6.45. The Morgan fingerprint density at radius 3 is 2.70 bits per heavy atom. The molecule has 1 saturated heterocycles. The Labute approximate surface area is 181 Å². The predicted molar refractivity (Wildman–Crippen MR) is 122 cm³/mol. The highest BCUT2D eigenvalue weighted by atomic mass is 32.2. The van der Waals surface area contributed by atoms with Crippen LogP contribution in [0.2, 0.25) is 0 Å². The molecule has 1 amide bonds. The van der Waals surface area contributed by atoms with Crippen LogP contribution in [0.3, 0.4) is 0 Å². The number of rotatable bonds is 5. The van der Waals surface area contributed by atoms with Crippen LogP contribution in [0.25, 0.3) is 11.3 Å². The van der Waals surface area contributed by atoms with Gasteiger partial charge in [0.05, 0.1) is 5.69 Å². The zero-order valence-corrected chi connectivity index (χ0v) is 18.2. The van der Waals surface area contributed by atoms with Gasteiger partial charge in [0, 0.05) is 42.6 Å². The second kappa shape index (κ2) is 9.41. The van der Waals surface area contributed by atoms with Crippen molar-refractivity contribution < 1.29 is 4.79 Å². The SMILES string of the molecule is Cc1ccc(-c2ccc(SCc3cccc(C(=O)N4CCNC(C)C4)c3)nn2)cc1. The van der Waals surface area contributed by atoms with Gasteiger partial charge in [-0.3, -0.25) is 4.79 Å². The minimum absolute atomic E-state index is 0.109. The lowest BCUT2D eigenvalue weighted by molar-refractivity contribution is 0.0709. The first-order valence-corrected chi connectivity index (χ1v) is 11.2. The van der Waals surface area contributed by atoms with Crippen LogP contribution in [0.15, 0.2) is 65.7 Å². The normalized spacial score (nSPS) is 16.5. The second-order valence-electron chi connectivity index (χ2n) is 7.72. The summed E-state index contributed by atoms with van der Waals surface area (Å²) in [5.74, 6) is 0.856. The van der Waals surface area contributed by atoms with Gasteiger partial charge in [-0.2, -0.15) is 0 Å². The summed E-state index contributed by atoms with van der Waals surface area (Å²) < 4.78 is 0. The van der Waals surface area contributed by atoms with Gasteiger partial charge in [0.2, 0.25) is 0 Å². The number of piperazine rings is 1. The fourth-order valence-electron chi connectivity index (χ4n) is 3.53. The Balaban J connectivity index is 1.38. The van der Waals surface area contributed by atoms with Crippen LogP contribution in [0.5, 0.6) is 0 Å². The maximum Gasteiger partial charge on any atom is 0.253 e. The molecule has 0 aliphatic carbocycles. The van der Waals surface area contributed by atoms with Gasteiger partial charge < -0.3 is 10.2 Å². The van der Waals surface area contributed by atoms with Crippen molar-refractivity contribution in [2.75, 3.05) is 19.6 Å². The molecule has 1 aliphatic heterocycles. The van der Waals surface area contributed by atoms with Crippen molar-refractivity contribution >= 4 is 17.7 Å². The minimum Gasteiger partial charge on any atom is -0.336 e. The fraction of sp³-hybridized carbons (Fsp3) is 0.292. The quantitative estimate of drug-likeness (QED) is 0.630. The van der Waals surface area contributed by atoms with Crippen molar-refractivity contribution in [3.63, 3.8) is 0 Å². The van der Waals surface area contributed by atoms with Crippen molar-refractivity contribution in [2.45, 2.75) is 30.7 Å². The summed E-state index contributed by atoms with van der Waals surface area (Å²) in [6.45, 7) is 6.53. The molecule has 1 atom stereocenters. The molecule has 0 saturated carbocycles. The van der Waals surface area contributed by atoms with E-state index in [1.165, 1.54) is 5.56 Å². The first-order valence-electron chi connectivity index (χ1n) is 10.2. The Bertz CT molecular complexity index is 1000. The maximum atomic E-state index is 12.8. The number of hydrogen-bond donors (Lipinski definition) is 1. The van der Waals surface area contributed by atoms with E-state index in [9.17, 15) is 4.79 Å². The van der Waals surface area contributed by atoms with E-state index in [1.807, 2.05) is 35.2 Å². The molecule has 1 fully saturated rings. The molecule has 6 heteroatoms. The molecule has 5 nitrogen and oxygen atoms in total. The fourth-order valence-corrected chi connectivity index (χ4v) is 4.28. The highest BCUT2D eigenvalue weighted by molar-refractivity contribution is 7.98. The van der Waals surface area contributed by atoms with E-state index in [0.717, 1.165) is 52.8 Å². The maximum absolute atomic E-state index is 12.8. The number of benzene rings is 2. The van der Waals surface area contributed by atoms with Crippen LogP contribution < -0.4 is 5.32 Å². The number of aromatic nitrogens is 2. The number of carbonyl (C=O) groups excluding carboxylic acids is 1. The molecule has 1 aromatic heterocycles. The van der Waals surface area contributed by atoms with E-state index < -0.39 is 0 Å². The Morgan fingerprint density at radius 2 is 1.97 bits per heavy atom. The van der Waals surface area contributed by atoms with Gasteiger partial charge in [-0.15, -0.1) is 10.2 Å². The lowest BCUT2D eigenvalue weighted by Gasteiger charge is -2.32. The topological polar surface area (TPSA) is 58.1 Å². The van der Waals surface area contributed by atoms with E-state index in [2.05, 4.69) is 59.7 Å². The molecule has 1 aliphatic rings. The number of nitrogens with zero attached hydrogens (tertiary/aromatic N) is 3. The van der Waals surface area contributed by atoms with Gasteiger partial charge in [0.1, 0.15) is 5.03 Å². The van der Waals surface area contributed by atoms with Gasteiger partial charge >= 0.3 is 0 Å². The first-order chi connectivity index (χ1) is 14.6. The molecule has 4 rings (SSSR count). The summed E-state index contributed by atoms with van der Waals surface area (Å²) in [6.07, 6.45) is 0. The molecular weight excluding hydrogens is 392 g/mol. The monoisotopic (exact) mass is 418 g/mol. The summed E-state index contributed by atoms with van der Waals surface area (Å²) in [7, 11) is 0. The summed E-state index contributed by atoms with van der Waals surface area (Å²) in [5, 5.41) is 13.0. The molecule has 2 aromatic carbocycles. The van der Waals surface area contributed by atoms with Gasteiger partial charge in [-0.25, -0.2) is 0 Å². The number of hydrogen-bond acceptors (Lipinski definition) is 5. The van der Waals surface area contributed by atoms with Crippen molar-refractivity contribution in [1.29, 1.82) is 0 Å². The van der Waals surface area contributed by atoms with Crippen LogP contribution in [-0.2, 0) is 5.75 Å². The molecule has 30 heavy (non-hydrogen) atoms. The Hall–Kier alpha value is -2.70. The van der Waals surface area contributed by atoms with Crippen LogP contribution in [0.1, 0.15) is 28.4 Å². The van der Waals surface area contributed by atoms with E-state index >= 15 is 0 Å². The summed E-state index contributed by atoms with van der Waals surface area (Å²) >= 11 is 1.63. The third-order valence-electron chi connectivity index (χ3n) is 5.20. The zero-order chi connectivity index (χ0) is 20.9. The molecule has 3 aromatic rings. The predicted octanol–water partition coefficient (Wildman–Crippen LogP) is 4.18. The summed E-state index contributed by atoms with van der Waals surface area (Å²) in [6, 6.07) is 20.5. The number of nitrogens with one attached hydrogen (secondary N) is 1. The average molecular weight is 419 g/mol. The number of thioether (sulfide) groups is 1. The molecule has 2 heterocycles. The van der Waals surface area contributed by atoms with Crippen LogP contribution in [0, 0.1) is 6.92 Å². The third-order valence-corrected chi connectivity index (χ3v) is 6.20. The summed E-state index contributed by atoms with van der Waals surface area (Å²) in [5.41, 5.74) is 5.03. The lowest BCUT2D eigenvalue weighted by Crippen LogP contribution is -2.51. The third kappa shape index (κ3) is 5.07. The standard InChI is InChI=1S/C24H26N4OS/c1-17-6-8-20(9-7-17)22-10-11-23(27-26-22)30-16-19-4-3-5-21(14-19)24(29)28-13-12-25-18(2)15-28/h3-11,14,18,25H,12-13,15-16H2,1-2H3. The second-order valence-corrected chi connectivity index (χ2v) is 8.71. The van der Waals surface area contributed by atoms with Crippen molar-refractivity contribution in [3.05, 3.63) is 77.4 Å². The van der Waals surface area contributed by atoms with Crippen molar-refractivity contribution in [2.24, 2.45) is 0 Å². The number of carbonyl (C=O) groups is 1. The highest BCUT2D eigenvalue weighted by Gasteiger charge is 2.21. The molecule has 0 radical (unpaired) electrons. The van der Waals surface area contributed by atoms with Gasteiger partial charge in [-0.1, -0.05) is 53.7 Å². The van der Waals surface area contributed by atoms with Gasteiger partial charge in [-0.05, 0) is 43.7 Å². The van der Waals surface area contributed by atoms with E-state index in [-0.39, 0.29) is 5.91 Å². The minimum atomic E-state index is 0.109. The van der Waals surface area contributed by atoms with Crippen LogP contribution >= 0.6 is 11.8 Å². The first kappa shape index (κ1) is 20.6. The Morgan fingerprint density at radius 1 is 1.13 bits per heavy atom. The number of aryl methyl sites for hydroxylation is 1. The molecular formula is C24H26N4OS. The largest absolute Gasteiger partial charge is 0.336 e. The van der Waals surface area contributed by atoms with E-state index in [1.54, 1.807) is 11.8 Å². The molecule has 0 bridgehead atoms. The zero-order valence-electron chi connectivity index (χ0n) is 17.3. The highest BCUT2D eigenvalue weighted by Crippen LogP contribution is 2.24. The average Bonchev–Trinajstić information content (AvgIpc) is 2.78. The molecule has 1 unspecified atom stereocenters. The molecule has 1 N–H and O–H groups in total. The van der Waals surface area contributed by atoms with Gasteiger partial charge in [0.15, 0.2) is 0 Å². The molecule has 154 valence electrons. The van der Waals surface area contributed by atoms with E-state index in [0.29, 0.717) is 6.04 Å². The van der Waals surface area contributed by atoms with Crippen molar-refractivity contribution in [3.8, 4) is 11.3 Å². The molecule has 0 spiro atoms. The van der Waals surface area contributed by atoms with E-state index in [4.69, 9.17) is 0 Å². The van der Waals surface area contributed by atoms with Gasteiger partial charge in [0.25, 0.3) is 5.91 Å². The van der Waals surface area contributed by atoms with Crippen molar-refractivity contribution in [1.82, 2.24) is 20.4 Å². The number of amides is 1.